The van der Waals surface area contributed by atoms with Crippen molar-refractivity contribution in [3.8, 4) is 0 Å². The molecule has 1 unspecified atom stereocenters. The summed E-state index contributed by atoms with van der Waals surface area (Å²) >= 11 is 0. The average Bonchev–Trinajstić information content (AvgIpc) is 2.81. The zero-order valence-electron chi connectivity index (χ0n) is 8.43. The predicted molar refractivity (Wildman–Crippen MR) is 49.3 cm³/mol. The molecule has 1 saturated heterocycles. The second-order valence-electron chi connectivity index (χ2n) is 4.13. The molecule has 0 spiro atoms. The molecule has 12 heavy (non-hydrogen) atoms. The highest BCUT2D eigenvalue weighted by molar-refractivity contribution is 4.73. The van der Waals surface area contributed by atoms with Crippen LogP contribution in [0.5, 0.6) is 0 Å². The van der Waals surface area contributed by atoms with Gasteiger partial charge in [-0.2, -0.15) is 0 Å². The summed E-state index contributed by atoms with van der Waals surface area (Å²) in [6.07, 6.45) is 4.03. The van der Waals surface area contributed by atoms with E-state index >= 15 is 0 Å². The molecule has 1 aliphatic heterocycles. The molecule has 0 N–H and O–H groups in total. The monoisotopic (exact) mass is 172 g/mol. The Labute approximate surface area is 75.2 Å². The van der Waals surface area contributed by atoms with E-state index in [-0.39, 0.29) is 5.60 Å². The molecule has 1 fully saturated rings. The van der Waals surface area contributed by atoms with Crippen LogP contribution in [0.25, 0.3) is 0 Å². The number of unbranched alkanes of at least 4 members (excludes halogenated alkanes) is 1. The minimum Gasteiger partial charge on any atom is -0.373 e. The van der Waals surface area contributed by atoms with Crippen LogP contribution in [-0.2, 0) is 9.47 Å². The van der Waals surface area contributed by atoms with Gasteiger partial charge in [-0.3, -0.25) is 0 Å². The molecular weight excluding hydrogens is 152 g/mol. The van der Waals surface area contributed by atoms with Gasteiger partial charge in [0.1, 0.15) is 6.10 Å². The molecule has 0 aliphatic carbocycles. The first-order valence-electron chi connectivity index (χ1n) is 4.89. The molecule has 1 atom stereocenters. The van der Waals surface area contributed by atoms with Gasteiger partial charge in [-0.05, 0) is 20.3 Å². The van der Waals surface area contributed by atoms with E-state index in [1.165, 1.54) is 12.8 Å². The second-order valence-corrected chi connectivity index (χ2v) is 4.13. The third-order valence-corrected chi connectivity index (χ3v) is 2.19. The number of rotatable bonds is 6. The van der Waals surface area contributed by atoms with Crippen molar-refractivity contribution in [2.45, 2.75) is 51.7 Å². The van der Waals surface area contributed by atoms with Gasteiger partial charge in [0, 0.05) is 0 Å². The van der Waals surface area contributed by atoms with Gasteiger partial charge in [0.2, 0.25) is 0 Å². The molecule has 0 aromatic rings. The van der Waals surface area contributed by atoms with Crippen LogP contribution in [0, 0.1) is 0 Å². The summed E-state index contributed by atoms with van der Waals surface area (Å²) in [5.41, 5.74) is 0.0436. The van der Waals surface area contributed by atoms with Gasteiger partial charge in [-0.15, -0.1) is 0 Å². The van der Waals surface area contributed by atoms with E-state index in [1.54, 1.807) is 0 Å². The Morgan fingerprint density at radius 3 is 2.67 bits per heavy atom. The van der Waals surface area contributed by atoms with Gasteiger partial charge < -0.3 is 9.47 Å². The van der Waals surface area contributed by atoms with Crippen LogP contribution < -0.4 is 0 Å². The van der Waals surface area contributed by atoms with Crippen LogP contribution >= 0.6 is 0 Å². The lowest BCUT2D eigenvalue weighted by Crippen LogP contribution is -2.26. The Hall–Kier alpha value is -0.0800. The van der Waals surface area contributed by atoms with Crippen molar-refractivity contribution >= 4 is 0 Å². The largest absolute Gasteiger partial charge is 0.373 e. The van der Waals surface area contributed by atoms with Crippen LogP contribution in [0.4, 0.5) is 0 Å². The minimum atomic E-state index is 0.0436. The Bertz CT molecular complexity index is 128. The van der Waals surface area contributed by atoms with Crippen LogP contribution in [0.15, 0.2) is 0 Å². The molecule has 1 heterocycles. The van der Waals surface area contributed by atoms with Crippen molar-refractivity contribution in [3.05, 3.63) is 0 Å². The highest BCUT2D eigenvalue weighted by Crippen LogP contribution is 2.20. The lowest BCUT2D eigenvalue weighted by molar-refractivity contribution is -0.0312. The summed E-state index contributed by atoms with van der Waals surface area (Å²) in [4.78, 5) is 0. The predicted octanol–water partition coefficient (Wildman–Crippen LogP) is 2.37. The third-order valence-electron chi connectivity index (χ3n) is 2.19. The Kier molecular flexibility index (Phi) is 3.53. The molecule has 72 valence electrons. The van der Waals surface area contributed by atoms with Crippen molar-refractivity contribution < 1.29 is 9.47 Å². The molecule has 0 aromatic carbocycles. The van der Waals surface area contributed by atoms with Crippen molar-refractivity contribution in [2.24, 2.45) is 0 Å². The molecule has 0 saturated carbocycles. The van der Waals surface area contributed by atoms with Gasteiger partial charge in [-0.1, -0.05) is 19.8 Å². The van der Waals surface area contributed by atoms with Gasteiger partial charge in [0.25, 0.3) is 0 Å². The van der Waals surface area contributed by atoms with E-state index in [2.05, 4.69) is 20.8 Å². The molecule has 0 aromatic heterocycles. The standard InChI is InChI=1S/C10H20O2/c1-4-5-6-10(2,3)12-8-9-7-11-9/h9H,4-8H2,1-3H3. The summed E-state index contributed by atoms with van der Waals surface area (Å²) < 4.78 is 10.8. The fraction of sp³-hybridized carbons (Fsp3) is 1.00. The molecule has 1 aliphatic rings. The second kappa shape index (κ2) is 4.24. The molecule has 2 heteroatoms. The van der Waals surface area contributed by atoms with E-state index in [9.17, 15) is 0 Å². The van der Waals surface area contributed by atoms with Crippen molar-refractivity contribution in [2.75, 3.05) is 13.2 Å². The van der Waals surface area contributed by atoms with Gasteiger partial charge >= 0.3 is 0 Å². The molecule has 1 rings (SSSR count). The fourth-order valence-electron chi connectivity index (χ4n) is 1.16. The Morgan fingerprint density at radius 2 is 2.17 bits per heavy atom. The van der Waals surface area contributed by atoms with Gasteiger partial charge in [-0.25, -0.2) is 0 Å². The Morgan fingerprint density at radius 1 is 1.50 bits per heavy atom. The zero-order valence-corrected chi connectivity index (χ0v) is 8.43. The van der Waals surface area contributed by atoms with Crippen molar-refractivity contribution in [3.63, 3.8) is 0 Å². The highest BCUT2D eigenvalue weighted by Gasteiger charge is 2.26. The van der Waals surface area contributed by atoms with E-state index in [1.807, 2.05) is 0 Å². The topological polar surface area (TPSA) is 21.8 Å². The number of hydrogen-bond donors (Lipinski definition) is 0. The SMILES string of the molecule is CCCCC(C)(C)OCC1CO1. The van der Waals surface area contributed by atoms with E-state index < -0.39 is 0 Å². The maximum absolute atomic E-state index is 5.73. The van der Waals surface area contributed by atoms with Crippen LogP contribution in [0.1, 0.15) is 40.0 Å². The molecule has 2 nitrogen and oxygen atoms in total. The summed E-state index contributed by atoms with van der Waals surface area (Å²) in [6, 6.07) is 0. The summed E-state index contributed by atoms with van der Waals surface area (Å²) in [5.74, 6) is 0. The van der Waals surface area contributed by atoms with Crippen LogP contribution in [0.2, 0.25) is 0 Å². The first kappa shape index (κ1) is 10.0. The van der Waals surface area contributed by atoms with Crippen LogP contribution in [0.3, 0.4) is 0 Å². The zero-order chi connectivity index (χ0) is 9.03. The van der Waals surface area contributed by atoms with E-state index in [0.29, 0.717) is 6.10 Å². The third kappa shape index (κ3) is 4.07. The molecular formula is C10H20O2. The fourth-order valence-corrected chi connectivity index (χ4v) is 1.16. The van der Waals surface area contributed by atoms with E-state index in [0.717, 1.165) is 19.6 Å². The maximum Gasteiger partial charge on any atom is 0.104 e. The lowest BCUT2D eigenvalue weighted by atomic mass is 10.0. The molecule has 0 radical (unpaired) electrons. The minimum absolute atomic E-state index is 0.0436. The summed E-state index contributed by atoms with van der Waals surface area (Å²) in [7, 11) is 0. The number of epoxide rings is 1. The maximum atomic E-state index is 5.73. The first-order chi connectivity index (χ1) is 5.64. The van der Waals surface area contributed by atoms with Gasteiger partial charge in [0.15, 0.2) is 0 Å². The quantitative estimate of drug-likeness (QED) is 0.574. The summed E-state index contributed by atoms with van der Waals surface area (Å²) in [5, 5.41) is 0. The smallest absolute Gasteiger partial charge is 0.104 e. The first-order valence-corrected chi connectivity index (χ1v) is 4.89. The average molecular weight is 172 g/mol. The Balaban J connectivity index is 2.07. The lowest BCUT2D eigenvalue weighted by Gasteiger charge is -2.24. The number of ether oxygens (including phenoxy) is 2. The number of hydrogen-bond acceptors (Lipinski definition) is 2. The summed E-state index contributed by atoms with van der Waals surface area (Å²) in [6.45, 7) is 8.19. The highest BCUT2D eigenvalue weighted by atomic mass is 16.6. The van der Waals surface area contributed by atoms with Crippen LogP contribution in [-0.4, -0.2) is 24.9 Å². The molecule has 0 amide bonds. The van der Waals surface area contributed by atoms with Gasteiger partial charge in [0.05, 0.1) is 18.8 Å². The van der Waals surface area contributed by atoms with Crippen molar-refractivity contribution in [1.29, 1.82) is 0 Å². The molecule has 0 bridgehead atoms. The van der Waals surface area contributed by atoms with E-state index in [4.69, 9.17) is 9.47 Å². The normalized spacial score (nSPS) is 22.8. The van der Waals surface area contributed by atoms with Crippen molar-refractivity contribution in [1.82, 2.24) is 0 Å².